The zero-order valence-corrected chi connectivity index (χ0v) is 17.3. The minimum atomic E-state index is -0.479. The Labute approximate surface area is 179 Å². The predicted octanol–water partition coefficient (Wildman–Crippen LogP) is 2.07. The smallest absolute Gasteiger partial charge is 0.255 e. The topological polar surface area (TPSA) is 80.9 Å². The first-order valence-corrected chi connectivity index (χ1v) is 10.8. The molecule has 0 spiro atoms. The van der Waals surface area contributed by atoms with Crippen LogP contribution in [-0.2, 0) is 20.0 Å². The Bertz CT molecular complexity index is 1160. The number of carbonyl (C=O) groups is 1. The molecule has 0 bridgehead atoms. The lowest BCUT2D eigenvalue weighted by molar-refractivity contribution is 0.0936. The monoisotopic (exact) mass is 421 g/mol. The Morgan fingerprint density at radius 3 is 2.94 bits per heavy atom. The third kappa shape index (κ3) is 3.28. The molecule has 31 heavy (non-hydrogen) atoms. The van der Waals surface area contributed by atoms with E-state index in [4.69, 9.17) is 0 Å². The number of pyridine rings is 1. The molecule has 3 aromatic rings. The molecule has 2 unspecified atom stereocenters. The van der Waals surface area contributed by atoms with Gasteiger partial charge in [-0.1, -0.05) is 0 Å². The average molecular weight is 421 g/mol. The summed E-state index contributed by atoms with van der Waals surface area (Å²) in [6.45, 7) is 2.19. The SMILES string of the molecule is Cn1cnc2c1CC[C@H]2NC(=O)c1cnn(Cc2ccc(N3CC4CC4C3)nc2F)c1. The van der Waals surface area contributed by atoms with Crippen LogP contribution in [-0.4, -0.2) is 43.3 Å². The quantitative estimate of drug-likeness (QED) is 0.638. The van der Waals surface area contributed by atoms with Crippen LogP contribution in [0.25, 0.3) is 0 Å². The fourth-order valence-electron chi connectivity index (χ4n) is 4.94. The van der Waals surface area contributed by atoms with Gasteiger partial charge in [0.05, 0.1) is 36.4 Å². The largest absolute Gasteiger partial charge is 0.356 e. The summed E-state index contributed by atoms with van der Waals surface area (Å²) in [4.78, 5) is 23.4. The van der Waals surface area contributed by atoms with Gasteiger partial charge >= 0.3 is 0 Å². The number of piperidine rings is 1. The number of fused-ring (bicyclic) bond motifs is 2. The van der Waals surface area contributed by atoms with Crippen molar-refractivity contribution in [3.05, 3.63) is 59.3 Å². The van der Waals surface area contributed by atoms with Crippen molar-refractivity contribution in [1.29, 1.82) is 0 Å². The lowest BCUT2D eigenvalue weighted by Gasteiger charge is -2.19. The first-order chi connectivity index (χ1) is 15.0. The maximum absolute atomic E-state index is 14.6. The van der Waals surface area contributed by atoms with Gasteiger partial charge in [-0.3, -0.25) is 9.48 Å². The molecule has 2 fully saturated rings. The molecule has 2 aliphatic carbocycles. The molecule has 4 heterocycles. The summed E-state index contributed by atoms with van der Waals surface area (Å²) < 4.78 is 18.2. The van der Waals surface area contributed by atoms with Crippen LogP contribution in [0.15, 0.2) is 30.9 Å². The Kier molecular flexibility index (Phi) is 4.12. The van der Waals surface area contributed by atoms with Crippen LogP contribution in [0.4, 0.5) is 10.2 Å². The third-order valence-electron chi connectivity index (χ3n) is 6.84. The van der Waals surface area contributed by atoms with Gasteiger partial charge < -0.3 is 14.8 Å². The van der Waals surface area contributed by atoms with Gasteiger partial charge in [0.2, 0.25) is 5.95 Å². The molecular weight excluding hydrogens is 397 g/mol. The minimum absolute atomic E-state index is 0.0853. The average Bonchev–Trinajstić information content (AvgIpc) is 3.22. The van der Waals surface area contributed by atoms with Crippen molar-refractivity contribution in [2.45, 2.75) is 31.8 Å². The molecule has 0 radical (unpaired) electrons. The number of nitrogens with one attached hydrogen (secondary N) is 1. The molecule has 1 N–H and O–H groups in total. The fourth-order valence-corrected chi connectivity index (χ4v) is 4.94. The summed E-state index contributed by atoms with van der Waals surface area (Å²) >= 11 is 0. The number of aryl methyl sites for hydroxylation is 1. The summed E-state index contributed by atoms with van der Waals surface area (Å²) in [5.41, 5.74) is 3.01. The number of carbonyl (C=O) groups excluding carboxylic acids is 1. The number of anilines is 1. The van der Waals surface area contributed by atoms with Gasteiger partial charge in [0, 0.05) is 37.6 Å². The second-order valence-corrected chi connectivity index (χ2v) is 8.96. The number of imidazole rings is 1. The molecular formula is C22H24FN7O. The normalized spacial score (nSPS) is 23.7. The molecule has 1 aliphatic heterocycles. The summed E-state index contributed by atoms with van der Waals surface area (Å²) in [6, 6.07) is 3.56. The molecule has 3 atom stereocenters. The van der Waals surface area contributed by atoms with Crippen LogP contribution in [0.1, 0.15) is 46.2 Å². The summed E-state index contributed by atoms with van der Waals surface area (Å²) in [7, 11) is 1.97. The molecule has 1 saturated carbocycles. The highest BCUT2D eigenvalue weighted by Crippen LogP contribution is 2.45. The second kappa shape index (κ2) is 6.90. The number of amides is 1. The lowest BCUT2D eigenvalue weighted by atomic mass is 10.2. The molecule has 9 heteroatoms. The highest BCUT2D eigenvalue weighted by Gasteiger charge is 2.45. The van der Waals surface area contributed by atoms with Crippen LogP contribution < -0.4 is 10.2 Å². The van der Waals surface area contributed by atoms with E-state index in [1.807, 2.05) is 17.7 Å². The van der Waals surface area contributed by atoms with Crippen LogP contribution in [0.3, 0.4) is 0 Å². The van der Waals surface area contributed by atoms with E-state index in [1.54, 1.807) is 23.3 Å². The van der Waals surface area contributed by atoms with Crippen molar-refractivity contribution in [2.75, 3.05) is 18.0 Å². The third-order valence-corrected chi connectivity index (χ3v) is 6.84. The minimum Gasteiger partial charge on any atom is -0.356 e. The predicted molar refractivity (Wildman–Crippen MR) is 111 cm³/mol. The van der Waals surface area contributed by atoms with E-state index in [2.05, 4.69) is 25.3 Å². The molecule has 160 valence electrons. The maximum Gasteiger partial charge on any atom is 0.255 e. The molecule has 8 nitrogen and oxygen atoms in total. The van der Waals surface area contributed by atoms with E-state index in [1.165, 1.54) is 18.3 Å². The second-order valence-electron chi connectivity index (χ2n) is 8.96. The van der Waals surface area contributed by atoms with E-state index in [-0.39, 0.29) is 18.5 Å². The molecule has 1 saturated heterocycles. The molecule has 1 amide bonds. The van der Waals surface area contributed by atoms with Crippen LogP contribution >= 0.6 is 0 Å². The Balaban J connectivity index is 1.12. The van der Waals surface area contributed by atoms with Crippen molar-refractivity contribution < 1.29 is 9.18 Å². The van der Waals surface area contributed by atoms with E-state index in [0.717, 1.165) is 43.5 Å². The van der Waals surface area contributed by atoms with Gasteiger partial charge in [0.25, 0.3) is 5.91 Å². The summed E-state index contributed by atoms with van der Waals surface area (Å²) in [5, 5.41) is 7.28. The van der Waals surface area contributed by atoms with Crippen molar-refractivity contribution in [2.24, 2.45) is 18.9 Å². The molecule has 0 aromatic carbocycles. The Morgan fingerprint density at radius 2 is 2.13 bits per heavy atom. The maximum atomic E-state index is 14.6. The van der Waals surface area contributed by atoms with Crippen LogP contribution in [0, 0.1) is 17.8 Å². The van der Waals surface area contributed by atoms with Gasteiger partial charge in [-0.25, -0.2) is 9.97 Å². The van der Waals surface area contributed by atoms with Crippen molar-refractivity contribution in [3.63, 3.8) is 0 Å². The number of nitrogens with zero attached hydrogens (tertiary/aromatic N) is 6. The standard InChI is InChI=1S/C22H24FN7O/c1-28-12-24-20-17(3-4-18(20)28)26-22(31)16-7-25-30(11-16)10-13-2-5-19(27-21(13)23)29-8-14-6-15(14)9-29/h2,5,7,11-12,14-15,17H,3-4,6,8-10H2,1H3,(H,26,31)/t14?,15?,17-/m1/s1. The van der Waals surface area contributed by atoms with Crippen LogP contribution in [0.2, 0.25) is 0 Å². The zero-order chi connectivity index (χ0) is 21.1. The molecule has 3 aliphatic rings. The number of halogens is 1. The number of aromatic nitrogens is 5. The van der Waals surface area contributed by atoms with Crippen molar-refractivity contribution >= 4 is 11.7 Å². The first-order valence-electron chi connectivity index (χ1n) is 10.8. The number of rotatable bonds is 5. The van der Waals surface area contributed by atoms with E-state index in [0.29, 0.717) is 16.9 Å². The van der Waals surface area contributed by atoms with Gasteiger partial charge in [0.1, 0.15) is 5.82 Å². The number of hydrogen-bond acceptors (Lipinski definition) is 5. The van der Waals surface area contributed by atoms with Gasteiger partial charge in [0.15, 0.2) is 0 Å². The lowest BCUT2D eigenvalue weighted by Crippen LogP contribution is -2.27. The molecule has 3 aromatic heterocycles. The first kappa shape index (κ1) is 18.5. The zero-order valence-electron chi connectivity index (χ0n) is 17.3. The Morgan fingerprint density at radius 1 is 1.29 bits per heavy atom. The summed E-state index contributed by atoms with van der Waals surface area (Å²) in [6.07, 6.45) is 7.98. The van der Waals surface area contributed by atoms with Crippen molar-refractivity contribution in [1.82, 2.24) is 29.6 Å². The van der Waals surface area contributed by atoms with Gasteiger partial charge in [-0.05, 0) is 43.2 Å². The highest BCUT2D eigenvalue weighted by molar-refractivity contribution is 5.94. The van der Waals surface area contributed by atoms with Gasteiger partial charge in [-0.15, -0.1) is 0 Å². The van der Waals surface area contributed by atoms with Crippen molar-refractivity contribution in [3.8, 4) is 0 Å². The molecule has 6 rings (SSSR count). The van der Waals surface area contributed by atoms with Gasteiger partial charge in [-0.2, -0.15) is 9.49 Å². The highest BCUT2D eigenvalue weighted by atomic mass is 19.1. The Hall–Kier alpha value is -3.23. The van der Waals surface area contributed by atoms with E-state index >= 15 is 0 Å². The van der Waals surface area contributed by atoms with E-state index < -0.39 is 5.95 Å². The van der Waals surface area contributed by atoms with E-state index in [9.17, 15) is 9.18 Å². The van der Waals surface area contributed by atoms with Crippen LogP contribution in [0.5, 0.6) is 0 Å². The number of hydrogen-bond donors (Lipinski definition) is 1. The summed E-state index contributed by atoms with van der Waals surface area (Å²) in [5.74, 6) is 1.57. The fraction of sp³-hybridized carbons (Fsp3) is 0.455.